The Labute approximate surface area is 165 Å². The number of benzene rings is 1. The molecule has 0 fully saturated rings. The average molecular weight is 464 g/mol. The van der Waals surface area contributed by atoms with Crippen LogP contribution in [-0.4, -0.2) is 24.2 Å². The molecule has 1 aromatic heterocycles. The van der Waals surface area contributed by atoms with Crippen molar-refractivity contribution in [3.05, 3.63) is 45.5 Å². The van der Waals surface area contributed by atoms with Crippen molar-refractivity contribution in [2.45, 2.75) is 18.5 Å². The molecule has 164 valence electrons. The van der Waals surface area contributed by atoms with E-state index in [0.717, 1.165) is 0 Å². The molecule has 1 amide bonds. The van der Waals surface area contributed by atoms with Crippen molar-refractivity contribution in [2.24, 2.45) is 5.10 Å². The van der Waals surface area contributed by atoms with Gasteiger partial charge in [-0.25, -0.2) is 10.4 Å². The van der Waals surface area contributed by atoms with Crippen LogP contribution in [0.1, 0.15) is 32.1 Å². The van der Waals surface area contributed by atoms with E-state index in [0.29, 0.717) is 29.7 Å². The van der Waals surface area contributed by atoms with Gasteiger partial charge in [-0.05, 0) is 23.8 Å². The Balaban J connectivity index is 2.31. The molecule has 0 saturated heterocycles. The molecule has 0 spiro atoms. The van der Waals surface area contributed by atoms with Crippen LogP contribution in [0.25, 0.3) is 0 Å². The summed E-state index contributed by atoms with van der Waals surface area (Å²) in [5.41, 5.74) is -3.83. The number of hydrogen-bond donors (Lipinski definition) is 2. The summed E-state index contributed by atoms with van der Waals surface area (Å²) in [6, 6.07) is 0.553. The van der Waals surface area contributed by atoms with Gasteiger partial charge in [0.15, 0.2) is 10.8 Å². The third-order valence-electron chi connectivity index (χ3n) is 3.31. The van der Waals surface area contributed by atoms with Gasteiger partial charge < -0.3 is 5.32 Å². The van der Waals surface area contributed by atoms with Gasteiger partial charge in [0.2, 0.25) is 0 Å². The van der Waals surface area contributed by atoms with Crippen molar-refractivity contribution < 1.29 is 44.3 Å². The van der Waals surface area contributed by atoms with Crippen molar-refractivity contribution >= 4 is 28.6 Å². The molecule has 15 heteroatoms. The van der Waals surface area contributed by atoms with Gasteiger partial charge in [-0.3, -0.25) is 4.79 Å². The number of hydrogen-bond acceptors (Lipinski definition) is 5. The normalized spacial score (nSPS) is 13.0. The monoisotopic (exact) mass is 464 g/mol. The zero-order valence-electron chi connectivity index (χ0n) is 14.4. The molecule has 5 nitrogen and oxygen atoms in total. The third kappa shape index (κ3) is 5.61. The molecule has 2 aromatic rings. The molecule has 1 aromatic carbocycles. The van der Waals surface area contributed by atoms with E-state index in [1.165, 1.54) is 7.05 Å². The lowest BCUT2D eigenvalue weighted by Gasteiger charge is -2.12. The van der Waals surface area contributed by atoms with Crippen LogP contribution in [0.2, 0.25) is 0 Å². The van der Waals surface area contributed by atoms with Gasteiger partial charge in [-0.1, -0.05) is 11.3 Å². The third-order valence-corrected chi connectivity index (χ3v) is 4.38. The second kappa shape index (κ2) is 8.12. The minimum absolute atomic E-state index is 0.109. The maximum atomic E-state index is 12.9. The first-order valence-corrected chi connectivity index (χ1v) is 8.33. The fourth-order valence-corrected chi connectivity index (χ4v) is 2.87. The molecular formula is C15H9F9N4OS. The highest BCUT2D eigenvalue weighted by Gasteiger charge is 2.40. The van der Waals surface area contributed by atoms with E-state index >= 15 is 0 Å². The van der Waals surface area contributed by atoms with Crippen LogP contribution in [0.4, 0.5) is 44.6 Å². The lowest BCUT2D eigenvalue weighted by atomic mass is 10.1. The van der Waals surface area contributed by atoms with Gasteiger partial charge in [-0.2, -0.15) is 44.6 Å². The first kappa shape index (κ1) is 23.4. The molecule has 0 radical (unpaired) electrons. The van der Waals surface area contributed by atoms with Gasteiger partial charge in [0.25, 0.3) is 5.91 Å². The van der Waals surface area contributed by atoms with Gasteiger partial charge in [0, 0.05) is 7.05 Å². The van der Waals surface area contributed by atoms with Crippen LogP contribution >= 0.6 is 11.3 Å². The number of halogens is 9. The minimum atomic E-state index is -5.10. The number of anilines is 1. The number of rotatable bonds is 4. The molecule has 0 saturated carbocycles. The van der Waals surface area contributed by atoms with Crippen molar-refractivity contribution in [1.29, 1.82) is 0 Å². The molecule has 0 bridgehead atoms. The molecular weight excluding hydrogens is 455 g/mol. The van der Waals surface area contributed by atoms with Crippen LogP contribution in [0.5, 0.6) is 0 Å². The number of carbonyl (C=O) groups is 1. The molecule has 0 unspecified atom stereocenters. The quantitative estimate of drug-likeness (QED) is 0.380. The summed E-state index contributed by atoms with van der Waals surface area (Å²) >= 11 is 0.327. The Morgan fingerprint density at radius 2 is 1.50 bits per heavy atom. The molecule has 0 aliphatic heterocycles. The summed E-state index contributed by atoms with van der Waals surface area (Å²) < 4.78 is 116. The number of hydrazone groups is 1. The Bertz CT molecular complexity index is 928. The van der Waals surface area contributed by atoms with Gasteiger partial charge in [-0.15, -0.1) is 0 Å². The topological polar surface area (TPSA) is 66.4 Å². The van der Waals surface area contributed by atoms with Crippen molar-refractivity contribution in [1.82, 2.24) is 10.4 Å². The number of amides is 1. The SMILES string of the molecule is CNc1nc(C(F)(F)F)c(C(=O)N/N=C/c2cc(C(F)(F)F)cc(C(F)(F)F)c2)s1. The Hall–Kier alpha value is -2.84. The smallest absolute Gasteiger partial charge is 0.365 e. The summed E-state index contributed by atoms with van der Waals surface area (Å²) in [5.74, 6) is -1.40. The van der Waals surface area contributed by atoms with E-state index in [9.17, 15) is 44.3 Å². The average Bonchev–Trinajstić information content (AvgIpc) is 3.05. The summed E-state index contributed by atoms with van der Waals surface area (Å²) in [6.07, 6.45) is -14.7. The lowest BCUT2D eigenvalue weighted by Crippen LogP contribution is -2.21. The lowest BCUT2D eigenvalue weighted by molar-refractivity contribution is -0.143. The number of alkyl halides is 9. The van der Waals surface area contributed by atoms with E-state index in [-0.39, 0.29) is 11.2 Å². The van der Waals surface area contributed by atoms with Crippen LogP contribution < -0.4 is 10.7 Å². The summed E-state index contributed by atoms with van der Waals surface area (Å²) in [7, 11) is 1.25. The number of nitrogens with one attached hydrogen (secondary N) is 2. The highest BCUT2D eigenvalue weighted by Crippen LogP contribution is 2.37. The van der Waals surface area contributed by atoms with Gasteiger partial charge in [0.1, 0.15) is 4.88 Å². The molecule has 0 atom stereocenters. The van der Waals surface area contributed by atoms with E-state index in [2.05, 4.69) is 15.4 Å². The summed E-state index contributed by atoms with van der Waals surface area (Å²) in [6.45, 7) is 0. The molecule has 0 aliphatic carbocycles. The number of aromatic nitrogens is 1. The van der Waals surface area contributed by atoms with Crippen LogP contribution in [0.3, 0.4) is 0 Å². The highest BCUT2D eigenvalue weighted by atomic mass is 32.1. The van der Waals surface area contributed by atoms with E-state index < -0.39 is 51.7 Å². The van der Waals surface area contributed by atoms with Crippen LogP contribution in [0.15, 0.2) is 23.3 Å². The predicted octanol–water partition coefficient (Wildman–Crippen LogP) is 5.01. The van der Waals surface area contributed by atoms with Gasteiger partial charge in [0.05, 0.1) is 17.3 Å². The van der Waals surface area contributed by atoms with E-state index in [4.69, 9.17) is 0 Å². The maximum Gasteiger partial charge on any atom is 0.435 e. The van der Waals surface area contributed by atoms with E-state index in [1.807, 2.05) is 0 Å². The second-order valence-electron chi connectivity index (χ2n) is 5.48. The van der Waals surface area contributed by atoms with Crippen molar-refractivity contribution in [3.8, 4) is 0 Å². The number of nitrogens with zero attached hydrogens (tertiary/aromatic N) is 2. The van der Waals surface area contributed by atoms with E-state index in [1.54, 1.807) is 5.43 Å². The fraction of sp³-hybridized carbons (Fsp3) is 0.267. The van der Waals surface area contributed by atoms with Crippen LogP contribution in [0, 0.1) is 0 Å². The Morgan fingerprint density at radius 3 is 1.93 bits per heavy atom. The first-order valence-electron chi connectivity index (χ1n) is 7.51. The maximum absolute atomic E-state index is 12.9. The molecule has 1 heterocycles. The highest BCUT2D eigenvalue weighted by molar-refractivity contribution is 7.17. The zero-order chi connectivity index (χ0) is 22.9. The molecule has 30 heavy (non-hydrogen) atoms. The number of thiazole rings is 1. The fourth-order valence-electron chi connectivity index (χ4n) is 2.04. The van der Waals surface area contributed by atoms with Crippen LogP contribution in [-0.2, 0) is 18.5 Å². The first-order chi connectivity index (χ1) is 13.6. The Kier molecular flexibility index (Phi) is 6.34. The number of carbonyl (C=O) groups excluding carboxylic acids is 1. The van der Waals surface area contributed by atoms with Crippen molar-refractivity contribution in [3.63, 3.8) is 0 Å². The summed E-state index contributed by atoms with van der Waals surface area (Å²) in [5, 5.41) is 5.22. The summed E-state index contributed by atoms with van der Waals surface area (Å²) in [4.78, 5) is 14.2. The molecule has 0 aliphatic rings. The second-order valence-corrected chi connectivity index (χ2v) is 6.48. The zero-order valence-corrected chi connectivity index (χ0v) is 15.2. The minimum Gasteiger partial charge on any atom is -0.365 e. The molecule has 2 rings (SSSR count). The largest absolute Gasteiger partial charge is 0.435 e. The standard InChI is InChI=1S/C15H9F9N4OS/c1-25-12-27-10(15(22,23)24)9(30-12)11(29)28-26-5-6-2-7(13(16,17)18)4-8(3-6)14(19,20)21/h2-5H,1H3,(H,25,27)(H,28,29)/b26-5+. The Morgan fingerprint density at radius 1 is 0.967 bits per heavy atom. The van der Waals surface area contributed by atoms with Gasteiger partial charge >= 0.3 is 18.5 Å². The van der Waals surface area contributed by atoms with Crippen molar-refractivity contribution in [2.75, 3.05) is 12.4 Å². The predicted molar refractivity (Wildman–Crippen MR) is 88.2 cm³/mol. The molecule has 2 N–H and O–H groups in total.